The molecular weight excluding hydrogens is 210 g/mol. The molecule has 0 aliphatic carbocycles. The molecule has 0 aliphatic rings. The molecule has 0 aromatic carbocycles. The van der Waals surface area contributed by atoms with E-state index >= 15 is 0 Å². The minimum absolute atomic E-state index is 0.128. The number of aryl methyl sites for hydroxylation is 1. The van der Waals surface area contributed by atoms with Crippen molar-refractivity contribution in [2.75, 3.05) is 11.9 Å². The number of aromatic nitrogens is 3. The first-order chi connectivity index (χ1) is 7.22. The summed E-state index contributed by atoms with van der Waals surface area (Å²) in [4.78, 5) is 23.0. The smallest absolute Gasteiger partial charge is 0.346 e. The number of anilines is 1. The topological polar surface area (TPSA) is 94.9 Å². The molecule has 7 heteroatoms. The first-order valence-electron chi connectivity index (χ1n) is 4.89. The molecule has 3 N–H and O–H groups in total. The molecule has 0 aliphatic heterocycles. The Morgan fingerprint density at radius 2 is 1.94 bits per heavy atom. The summed E-state index contributed by atoms with van der Waals surface area (Å²) in [6, 6.07) is 0. The van der Waals surface area contributed by atoms with Gasteiger partial charge in [0.05, 0.1) is 0 Å². The monoisotopic (exact) mass is 227 g/mol. The quantitative estimate of drug-likeness (QED) is 0.664. The van der Waals surface area contributed by atoms with Crippen molar-refractivity contribution in [3.63, 3.8) is 0 Å². The van der Waals surface area contributed by atoms with Crippen LogP contribution in [0.15, 0.2) is 9.59 Å². The van der Waals surface area contributed by atoms with Crippen LogP contribution in [0.25, 0.3) is 0 Å². The summed E-state index contributed by atoms with van der Waals surface area (Å²) in [7, 11) is 2.89. The van der Waals surface area contributed by atoms with E-state index in [1.54, 1.807) is 0 Å². The Morgan fingerprint density at radius 1 is 1.38 bits per heavy atom. The van der Waals surface area contributed by atoms with Gasteiger partial charge in [-0.3, -0.25) is 9.36 Å². The molecule has 0 bridgehead atoms. The van der Waals surface area contributed by atoms with Crippen LogP contribution >= 0.6 is 0 Å². The molecule has 90 valence electrons. The van der Waals surface area contributed by atoms with Crippen LogP contribution in [0.2, 0.25) is 0 Å². The van der Waals surface area contributed by atoms with E-state index < -0.39 is 16.8 Å². The number of nitrogens with one attached hydrogen (secondary N) is 1. The summed E-state index contributed by atoms with van der Waals surface area (Å²) < 4.78 is 2.10. The van der Waals surface area contributed by atoms with Crippen molar-refractivity contribution in [2.24, 2.45) is 19.8 Å². The maximum Gasteiger partial charge on any atom is 0.346 e. The van der Waals surface area contributed by atoms with Crippen molar-refractivity contribution in [3.8, 4) is 0 Å². The van der Waals surface area contributed by atoms with Gasteiger partial charge in [0.1, 0.15) is 0 Å². The van der Waals surface area contributed by atoms with Crippen LogP contribution in [-0.4, -0.2) is 26.4 Å². The summed E-state index contributed by atoms with van der Waals surface area (Å²) >= 11 is 0. The zero-order valence-electron chi connectivity index (χ0n) is 9.94. The van der Waals surface area contributed by atoms with Gasteiger partial charge in [-0.2, -0.15) is 0 Å². The lowest BCUT2D eigenvalue weighted by atomic mass is 10.1. The molecule has 0 saturated carbocycles. The van der Waals surface area contributed by atoms with Crippen LogP contribution in [0.5, 0.6) is 0 Å². The van der Waals surface area contributed by atoms with Gasteiger partial charge in [0.15, 0.2) is 0 Å². The van der Waals surface area contributed by atoms with E-state index in [-0.39, 0.29) is 5.82 Å². The van der Waals surface area contributed by atoms with E-state index in [1.165, 1.54) is 14.1 Å². The Balaban J connectivity index is 3.08. The lowest BCUT2D eigenvalue weighted by molar-refractivity contribution is 0.541. The first-order valence-corrected chi connectivity index (χ1v) is 4.89. The van der Waals surface area contributed by atoms with Gasteiger partial charge in [-0.15, -0.1) is 5.10 Å². The van der Waals surface area contributed by atoms with Crippen molar-refractivity contribution in [2.45, 2.75) is 19.4 Å². The second-order valence-electron chi connectivity index (χ2n) is 4.46. The van der Waals surface area contributed by atoms with Gasteiger partial charge in [0, 0.05) is 26.2 Å². The van der Waals surface area contributed by atoms with Crippen molar-refractivity contribution >= 4 is 5.82 Å². The second kappa shape index (κ2) is 4.09. The Labute approximate surface area is 92.9 Å². The van der Waals surface area contributed by atoms with E-state index in [0.717, 1.165) is 9.25 Å². The van der Waals surface area contributed by atoms with E-state index in [0.29, 0.717) is 6.54 Å². The molecule has 0 atom stereocenters. The highest BCUT2D eigenvalue weighted by molar-refractivity contribution is 5.30. The van der Waals surface area contributed by atoms with Gasteiger partial charge in [-0.05, 0) is 13.8 Å². The Bertz CT molecular complexity index is 494. The van der Waals surface area contributed by atoms with Crippen LogP contribution < -0.4 is 22.3 Å². The predicted molar refractivity (Wildman–Crippen MR) is 61.5 cm³/mol. The van der Waals surface area contributed by atoms with Gasteiger partial charge in [0.2, 0.25) is 5.82 Å². The largest absolute Gasteiger partial charge is 0.362 e. The molecule has 0 fully saturated rings. The fourth-order valence-electron chi connectivity index (χ4n) is 1.12. The average molecular weight is 227 g/mol. The predicted octanol–water partition coefficient (Wildman–Crippen LogP) is -1.37. The summed E-state index contributed by atoms with van der Waals surface area (Å²) in [5, 5.41) is 6.67. The zero-order chi connectivity index (χ0) is 12.5. The van der Waals surface area contributed by atoms with Crippen molar-refractivity contribution < 1.29 is 0 Å². The number of nitrogens with zero attached hydrogens (tertiary/aromatic N) is 3. The molecule has 1 heterocycles. The van der Waals surface area contributed by atoms with E-state index in [1.807, 2.05) is 13.8 Å². The van der Waals surface area contributed by atoms with E-state index in [9.17, 15) is 9.59 Å². The van der Waals surface area contributed by atoms with Crippen LogP contribution in [0, 0.1) is 0 Å². The third-order valence-corrected chi connectivity index (χ3v) is 2.03. The molecule has 0 radical (unpaired) electrons. The fraction of sp³-hybridized carbons (Fsp3) is 0.667. The van der Waals surface area contributed by atoms with Gasteiger partial charge >= 0.3 is 5.69 Å². The molecular formula is C9H17N5O2. The van der Waals surface area contributed by atoms with Crippen molar-refractivity contribution in [1.82, 2.24) is 14.3 Å². The molecule has 1 aromatic heterocycles. The molecule has 0 spiro atoms. The first kappa shape index (κ1) is 12.4. The van der Waals surface area contributed by atoms with Gasteiger partial charge < -0.3 is 11.1 Å². The maximum atomic E-state index is 11.6. The summed E-state index contributed by atoms with van der Waals surface area (Å²) in [6.07, 6.45) is 0. The highest BCUT2D eigenvalue weighted by Crippen LogP contribution is 1.97. The van der Waals surface area contributed by atoms with Gasteiger partial charge in [-0.25, -0.2) is 9.48 Å². The van der Waals surface area contributed by atoms with Crippen LogP contribution in [-0.2, 0) is 14.1 Å². The molecule has 0 saturated heterocycles. The third kappa shape index (κ3) is 2.69. The molecule has 0 unspecified atom stereocenters. The van der Waals surface area contributed by atoms with E-state index in [4.69, 9.17) is 5.73 Å². The minimum Gasteiger partial charge on any atom is -0.362 e. The van der Waals surface area contributed by atoms with Crippen LogP contribution in [0.3, 0.4) is 0 Å². The minimum atomic E-state index is -0.457. The zero-order valence-corrected chi connectivity index (χ0v) is 9.94. The molecule has 1 aromatic rings. The normalized spacial score (nSPS) is 11.6. The fourth-order valence-corrected chi connectivity index (χ4v) is 1.12. The molecule has 7 nitrogen and oxygen atoms in total. The molecule has 1 rings (SSSR count). The van der Waals surface area contributed by atoms with Gasteiger partial charge in [-0.1, -0.05) is 0 Å². The van der Waals surface area contributed by atoms with Crippen LogP contribution in [0.1, 0.15) is 13.8 Å². The molecule has 16 heavy (non-hydrogen) atoms. The second-order valence-corrected chi connectivity index (χ2v) is 4.46. The number of hydrogen-bond donors (Lipinski definition) is 2. The third-order valence-electron chi connectivity index (χ3n) is 2.03. The Kier molecular flexibility index (Phi) is 3.18. The van der Waals surface area contributed by atoms with Crippen molar-refractivity contribution in [1.29, 1.82) is 0 Å². The SMILES string of the molecule is Cn1nc(NCC(C)(C)N)c(=O)n(C)c1=O. The Morgan fingerprint density at radius 3 is 2.44 bits per heavy atom. The maximum absolute atomic E-state index is 11.6. The lowest BCUT2D eigenvalue weighted by Crippen LogP contribution is -2.44. The van der Waals surface area contributed by atoms with E-state index in [2.05, 4.69) is 10.4 Å². The van der Waals surface area contributed by atoms with Crippen LogP contribution in [0.4, 0.5) is 5.82 Å². The summed E-state index contributed by atoms with van der Waals surface area (Å²) in [5.74, 6) is 0.128. The van der Waals surface area contributed by atoms with Gasteiger partial charge in [0.25, 0.3) is 5.56 Å². The summed E-state index contributed by atoms with van der Waals surface area (Å²) in [6.45, 7) is 4.05. The Hall–Kier alpha value is -1.63. The number of hydrogen-bond acceptors (Lipinski definition) is 5. The number of nitrogens with two attached hydrogens (primary N) is 1. The standard InChI is InChI=1S/C9H17N5O2/c1-9(2,10)5-11-6-7(15)13(3)8(16)14(4)12-6/h5,10H2,1-4H3,(H,11,12). The highest BCUT2D eigenvalue weighted by Gasteiger charge is 2.13. The average Bonchev–Trinajstić information content (AvgIpc) is 2.17. The highest BCUT2D eigenvalue weighted by atomic mass is 16.2. The lowest BCUT2D eigenvalue weighted by Gasteiger charge is -2.19. The number of rotatable bonds is 3. The van der Waals surface area contributed by atoms with Crippen molar-refractivity contribution in [3.05, 3.63) is 20.8 Å². The summed E-state index contributed by atoms with van der Waals surface area (Å²) in [5.41, 5.74) is 4.41. The molecule has 0 amide bonds.